The molecule has 252 valence electrons. The van der Waals surface area contributed by atoms with Gasteiger partial charge in [0.25, 0.3) is 10.0 Å². The lowest BCUT2D eigenvalue weighted by Crippen LogP contribution is -2.54. The molecule has 2 amide bonds. The third kappa shape index (κ3) is 8.98. The lowest BCUT2D eigenvalue weighted by Gasteiger charge is -2.34. The zero-order valence-corrected chi connectivity index (χ0v) is 29.9. The molecule has 1 fully saturated rings. The first-order chi connectivity index (χ1) is 23.2. The maximum Gasteiger partial charge on any atom is 0.264 e. The van der Waals surface area contributed by atoms with Gasteiger partial charge in [0.2, 0.25) is 11.8 Å². The number of hydrogen-bond acceptors (Lipinski definition) is 5. The Balaban J connectivity index is 1.59. The fraction of sp³-hybridized carbons (Fsp3) is 0.297. The van der Waals surface area contributed by atoms with Crippen molar-refractivity contribution in [3.8, 4) is 5.75 Å². The number of carbonyl (C=O) groups excluding carboxylic acids is 2. The van der Waals surface area contributed by atoms with E-state index in [2.05, 4.69) is 21.2 Å². The molecule has 0 heterocycles. The fourth-order valence-corrected chi connectivity index (χ4v) is 7.94. The van der Waals surface area contributed by atoms with E-state index in [1.807, 2.05) is 54.6 Å². The lowest BCUT2D eigenvalue weighted by molar-refractivity contribution is -0.140. The Bertz CT molecular complexity index is 1800. The summed E-state index contributed by atoms with van der Waals surface area (Å²) in [5, 5.41) is 3.58. The second-order valence-electron chi connectivity index (χ2n) is 11.7. The van der Waals surface area contributed by atoms with Crippen LogP contribution in [0.15, 0.2) is 112 Å². The summed E-state index contributed by atoms with van der Waals surface area (Å²) < 4.78 is 36.4. The van der Waals surface area contributed by atoms with Crippen molar-refractivity contribution < 1.29 is 22.7 Å². The van der Waals surface area contributed by atoms with Gasteiger partial charge in [-0.1, -0.05) is 95.0 Å². The molecular formula is C37H39BrClN3O5S. The second-order valence-corrected chi connectivity index (χ2v) is 14.9. The van der Waals surface area contributed by atoms with Crippen molar-refractivity contribution in [2.75, 3.05) is 17.5 Å². The largest absolute Gasteiger partial charge is 0.492 e. The van der Waals surface area contributed by atoms with Crippen molar-refractivity contribution in [3.05, 3.63) is 124 Å². The van der Waals surface area contributed by atoms with Crippen LogP contribution in [0.2, 0.25) is 5.02 Å². The van der Waals surface area contributed by atoms with E-state index in [9.17, 15) is 18.0 Å². The van der Waals surface area contributed by atoms with Crippen molar-refractivity contribution in [1.29, 1.82) is 0 Å². The van der Waals surface area contributed by atoms with Gasteiger partial charge in [0.1, 0.15) is 18.3 Å². The Morgan fingerprint density at radius 1 is 0.917 bits per heavy atom. The van der Waals surface area contributed by atoms with Gasteiger partial charge in [-0.05, 0) is 79.4 Å². The maximum absolute atomic E-state index is 14.8. The maximum atomic E-state index is 14.8. The van der Waals surface area contributed by atoms with Crippen molar-refractivity contribution in [3.63, 3.8) is 0 Å². The molecule has 1 atom stereocenters. The number of rotatable bonds is 14. The number of nitrogens with zero attached hydrogens (tertiary/aromatic N) is 2. The summed E-state index contributed by atoms with van der Waals surface area (Å²) in [4.78, 5) is 30.4. The minimum absolute atomic E-state index is 0.0263. The van der Waals surface area contributed by atoms with Crippen LogP contribution in [0, 0.1) is 0 Å². The van der Waals surface area contributed by atoms with Crippen LogP contribution in [0.1, 0.15) is 43.7 Å². The van der Waals surface area contributed by atoms with Crippen LogP contribution >= 0.6 is 27.5 Å². The highest BCUT2D eigenvalue weighted by molar-refractivity contribution is 9.10. The Kier molecular flexibility index (Phi) is 12.2. The number of amides is 2. The van der Waals surface area contributed by atoms with Gasteiger partial charge in [-0.3, -0.25) is 13.9 Å². The van der Waals surface area contributed by atoms with Gasteiger partial charge < -0.3 is 15.0 Å². The highest BCUT2D eigenvalue weighted by Gasteiger charge is 2.36. The van der Waals surface area contributed by atoms with Crippen LogP contribution in [0.3, 0.4) is 0 Å². The summed E-state index contributed by atoms with van der Waals surface area (Å²) in [6.07, 6.45) is 4.07. The molecule has 1 aliphatic carbocycles. The zero-order chi connectivity index (χ0) is 34.1. The first-order valence-corrected chi connectivity index (χ1v) is 18.6. The van der Waals surface area contributed by atoms with E-state index in [0.29, 0.717) is 10.8 Å². The van der Waals surface area contributed by atoms with Crippen LogP contribution in [0.5, 0.6) is 5.75 Å². The molecule has 4 aromatic carbocycles. The van der Waals surface area contributed by atoms with Gasteiger partial charge in [0.05, 0.1) is 17.2 Å². The molecule has 8 nitrogen and oxygen atoms in total. The third-order valence-corrected chi connectivity index (χ3v) is 10.8. The summed E-state index contributed by atoms with van der Waals surface area (Å²) in [7, 11) is -4.30. The Hall–Kier alpha value is -3.86. The molecule has 1 aliphatic rings. The Labute approximate surface area is 296 Å². The molecule has 0 aliphatic heterocycles. The summed E-state index contributed by atoms with van der Waals surface area (Å²) in [6.45, 7) is 1.59. The fourth-order valence-electron chi connectivity index (χ4n) is 5.94. The number of sulfonamides is 1. The van der Waals surface area contributed by atoms with Gasteiger partial charge in [-0.15, -0.1) is 0 Å². The number of hydrogen-bond donors (Lipinski definition) is 1. The van der Waals surface area contributed by atoms with Crippen LogP contribution in [0.4, 0.5) is 5.69 Å². The SMILES string of the molecule is CCOc1ccccc1N(CC(=O)N(Cc1cccc(Br)c1)C(Cc1ccccc1)C(=O)NC1CCCC1)S(=O)(=O)c1ccc(Cl)cc1. The highest BCUT2D eigenvalue weighted by atomic mass is 79.9. The summed E-state index contributed by atoms with van der Waals surface area (Å²) >= 11 is 9.62. The minimum Gasteiger partial charge on any atom is -0.492 e. The number of ether oxygens (including phenoxy) is 1. The van der Waals surface area contributed by atoms with Crippen molar-refractivity contribution >= 4 is 55.1 Å². The second kappa shape index (κ2) is 16.5. The number of anilines is 1. The minimum atomic E-state index is -4.30. The van der Waals surface area contributed by atoms with Gasteiger partial charge in [-0.25, -0.2) is 8.42 Å². The molecule has 5 rings (SSSR count). The van der Waals surface area contributed by atoms with Gasteiger partial charge in [0.15, 0.2) is 0 Å². The van der Waals surface area contributed by atoms with E-state index in [0.717, 1.165) is 45.6 Å². The average Bonchev–Trinajstić information content (AvgIpc) is 3.59. The molecule has 1 N–H and O–H groups in total. The summed E-state index contributed by atoms with van der Waals surface area (Å²) in [5.41, 5.74) is 1.87. The summed E-state index contributed by atoms with van der Waals surface area (Å²) in [6, 6.07) is 28.7. The van der Waals surface area contributed by atoms with E-state index in [-0.39, 0.29) is 42.1 Å². The highest BCUT2D eigenvalue weighted by Crippen LogP contribution is 2.33. The van der Waals surface area contributed by atoms with Crippen LogP contribution < -0.4 is 14.4 Å². The van der Waals surface area contributed by atoms with E-state index >= 15 is 0 Å². The monoisotopic (exact) mass is 751 g/mol. The van der Waals surface area contributed by atoms with E-state index in [1.54, 1.807) is 31.2 Å². The van der Waals surface area contributed by atoms with E-state index in [4.69, 9.17) is 16.3 Å². The van der Waals surface area contributed by atoms with Crippen molar-refractivity contribution in [1.82, 2.24) is 10.2 Å². The van der Waals surface area contributed by atoms with Gasteiger partial charge in [0, 0.05) is 28.5 Å². The molecule has 0 spiro atoms. The van der Waals surface area contributed by atoms with Gasteiger partial charge in [-0.2, -0.15) is 0 Å². The first-order valence-electron chi connectivity index (χ1n) is 16.0. The Morgan fingerprint density at radius 2 is 1.58 bits per heavy atom. The average molecular weight is 753 g/mol. The van der Waals surface area contributed by atoms with Gasteiger partial charge >= 0.3 is 0 Å². The van der Waals surface area contributed by atoms with Crippen LogP contribution in [-0.4, -0.2) is 50.4 Å². The number of benzene rings is 4. The number of carbonyl (C=O) groups is 2. The molecule has 1 unspecified atom stereocenters. The molecular weight excluding hydrogens is 714 g/mol. The van der Waals surface area contributed by atoms with Crippen LogP contribution in [0.25, 0.3) is 0 Å². The molecule has 0 bridgehead atoms. The van der Waals surface area contributed by atoms with E-state index in [1.165, 1.54) is 29.2 Å². The lowest BCUT2D eigenvalue weighted by atomic mass is 10.0. The van der Waals surface area contributed by atoms with Crippen molar-refractivity contribution in [2.45, 2.75) is 62.6 Å². The normalized spacial score (nSPS) is 13.9. The molecule has 0 aromatic heterocycles. The number of nitrogens with one attached hydrogen (secondary N) is 1. The molecule has 0 saturated heterocycles. The quantitative estimate of drug-likeness (QED) is 0.145. The molecule has 11 heteroatoms. The standard InChI is InChI=1S/C37H39BrClN3O5S/c1-2-47-35-18-9-8-17-33(35)42(48(45,46)32-21-19-30(39)20-22-32)26-36(43)41(25-28-13-10-14-29(38)23-28)34(24-27-11-4-3-5-12-27)37(44)40-31-15-6-7-16-31/h3-5,8-14,17-23,31,34H,2,6-7,15-16,24-26H2,1H3,(H,40,44). The topological polar surface area (TPSA) is 96.0 Å². The van der Waals surface area contributed by atoms with E-state index < -0.39 is 28.5 Å². The number of para-hydroxylation sites is 2. The zero-order valence-electron chi connectivity index (χ0n) is 26.7. The molecule has 48 heavy (non-hydrogen) atoms. The molecule has 4 aromatic rings. The van der Waals surface area contributed by atoms with Crippen molar-refractivity contribution in [2.24, 2.45) is 0 Å². The smallest absolute Gasteiger partial charge is 0.264 e. The predicted molar refractivity (Wildman–Crippen MR) is 193 cm³/mol. The first kappa shape index (κ1) is 35.4. The third-order valence-electron chi connectivity index (χ3n) is 8.33. The summed E-state index contributed by atoms with van der Waals surface area (Å²) in [5.74, 6) is -0.499. The molecule has 0 radical (unpaired) electrons. The predicted octanol–water partition coefficient (Wildman–Crippen LogP) is 7.40. The van der Waals surface area contributed by atoms with Crippen LogP contribution in [-0.2, 0) is 32.6 Å². The molecule has 1 saturated carbocycles. The number of halogens is 2. The Morgan fingerprint density at radius 3 is 2.27 bits per heavy atom.